The smallest absolute Gasteiger partial charge is 0.261 e. The first-order valence-electron chi connectivity index (χ1n) is 10.2. The van der Waals surface area contributed by atoms with Crippen molar-refractivity contribution in [2.75, 3.05) is 5.32 Å². The van der Waals surface area contributed by atoms with E-state index >= 15 is 0 Å². The Labute approximate surface area is 180 Å². The lowest BCUT2D eigenvalue weighted by Crippen LogP contribution is -2.15. The number of nitrogens with zero attached hydrogens (tertiary/aromatic N) is 3. The first-order chi connectivity index (χ1) is 14.8. The van der Waals surface area contributed by atoms with Crippen LogP contribution in [0.3, 0.4) is 0 Å². The van der Waals surface area contributed by atoms with Crippen molar-refractivity contribution in [3.63, 3.8) is 0 Å². The molecule has 0 saturated heterocycles. The average Bonchev–Trinajstić information content (AvgIpc) is 3.18. The Morgan fingerprint density at radius 3 is 2.58 bits per heavy atom. The average molecular weight is 415 g/mol. The summed E-state index contributed by atoms with van der Waals surface area (Å²) in [7, 11) is 0. The number of nitrogens with one attached hydrogen (secondary N) is 2. The monoisotopic (exact) mass is 415 g/mol. The van der Waals surface area contributed by atoms with E-state index in [1.165, 1.54) is 18.1 Å². The van der Waals surface area contributed by atoms with Crippen molar-refractivity contribution in [3.05, 3.63) is 82.5 Å². The maximum atomic E-state index is 12.6. The van der Waals surface area contributed by atoms with Crippen LogP contribution in [0.5, 0.6) is 0 Å². The third-order valence-electron chi connectivity index (χ3n) is 5.24. The molecule has 0 bridgehead atoms. The van der Waals surface area contributed by atoms with Gasteiger partial charge in [-0.15, -0.1) is 0 Å². The molecule has 2 aromatic carbocycles. The fourth-order valence-corrected chi connectivity index (χ4v) is 3.44. The van der Waals surface area contributed by atoms with Crippen LogP contribution < -0.4 is 10.9 Å². The summed E-state index contributed by atoms with van der Waals surface area (Å²) >= 11 is 0. The molecule has 0 aliphatic carbocycles. The summed E-state index contributed by atoms with van der Waals surface area (Å²) in [5, 5.41) is 7.66. The number of benzene rings is 2. The number of hydrogen-bond acceptors (Lipinski definition) is 4. The summed E-state index contributed by atoms with van der Waals surface area (Å²) in [5.74, 6) is -0.0883. The topological polar surface area (TPSA) is 92.7 Å². The van der Waals surface area contributed by atoms with Gasteiger partial charge in [-0.25, -0.2) is 9.67 Å². The Morgan fingerprint density at radius 2 is 1.84 bits per heavy atom. The molecule has 4 rings (SSSR count). The number of carbonyl (C=O) groups is 1. The van der Waals surface area contributed by atoms with Crippen molar-refractivity contribution in [2.45, 2.75) is 39.0 Å². The number of aromatic amines is 1. The summed E-state index contributed by atoms with van der Waals surface area (Å²) in [5.41, 5.74) is 3.95. The zero-order valence-electron chi connectivity index (χ0n) is 17.8. The molecular weight excluding hydrogens is 390 g/mol. The molecule has 4 aromatic rings. The van der Waals surface area contributed by atoms with Gasteiger partial charge >= 0.3 is 0 Å². The number of para-hydroxylation sites is 2. The minimum Gasteiger partial charge on any atom is -0.324 e. The van der Waals surface area contributed by atoms with Crippen LogP contribution in [0, 0.1) is 0 Å². The van der Waals surface area contributed by atoms with E-state index in [4.69, 9.17) is 0 Å². The van der Waals surface area contributed by atoms with Gasteiger partial charge in [-0.2, -0.15) is 5.10 Å². The van der Waals surface area contributed by atoms with Crippen molar-refractivity contribution in [1.29, 1.82) is 0 Å². The van der Waals surface area contributed by atoms with E-state index in [1.54, 1.807) is 4.68 Å². The van der Waals surface area contributed by atoms with Crippen LogP contribution in [0.15, 0.2) is 65.8 Å². The van der Waals surface area contributed by atoms with Gasteiger partial charge in [-0.05, 0) is 35.1 Å². The van der Waals surface area contributed by atoms with E-state index in [2.05, 4.69) is 65.4 Å². The van der Waals surface area contributed by atoms with Crippen molar-refractivity contribution in [3.8, 4) is 5.69 Å². The Bertz CT molecular complexity index is 1280. The molecule has 0 atom stereocenters. The van der Waals surface area contributed by atoms with Crippen LogP contribution in [-0.2, 0) is 16.6 Å². The molecule has 2 N–H and O–H groups in total. The van der Waals surface area contributed by atoms with Gasteiger partial charge < -0.3 is 10.3 Å². The predicted molar refractivity (Wildman–Crippen MR) is 122 cm³/mol. The van der Waals surface area contributed by atoms with E-state index in [-0.39, 0.29) is 16.9 Å². The molecule has 2 heterocycles. The standard InChI is InChI=1S/C24H25N5O2/c1-24(2,3)17-11-8-16(9-12-17)10-13-21(30)28-19-6-4-5-7-20(19)29-22-18(14-27-29)23(31)26-15-25-22/h4-9,11-12,14-15H,10,13H2,1-3H3,(H,28,30)(H,25,26,31). The molecule has 0 saturated carbocycles. The second-order valence-corrected chi connectivity index (χ2v) is 8.54. The lowest BCUT2D eigenvalue weighted by atomic mass is 9.86. The molecule has 0 aliphatic heterocycles. The predicted octanol–water partition coefficient (Wildman–Crippen LogP) is 3.98. The van der Waals surface area contributed by atoms with Gasteiger partial charge in [0.05, 0.1) is 23.9 Å². The summed E-state index contributed by atoms with van der Waals surface area (Å²) in [6.07, 6.45) is 3.83. The van der Waals surface area contributed by atoms with Gasteiger partial charge in [0.1, 0.15) is 5.39 Å². The molecule has 158 valence electrons. The van der Waals surface area contributed by atoms with E-state index < -0.39 is 0 Å². The minimum atomic E-state index is -0.254. The molecule has 2 aromatic heterocycles. The highest BCUT2D eigenvalue weighted by molar-refractivity contribution is 5.93. The summed E-state index contributed by atoms with van der Waals surface area (Å²) in [6, 6.07) is 15.8. The largest absolute Gasteiger partial charge is 0.324 e. The van der Waals surface area contributed by atoms with Crippen molar-refractivity contribution in [2.24, 2.45) is 0 Å². The number of aryl methyl sites for hydroxylation is 1. The third kappa shape index (κ3) is 4.40. The summed E-state index contributed by atoms with van der Waals surface area (Å²) in [6.45, 7) is 6.55. The van der Waals surface area contributed by atoms with Crippen molar-refractivity contribution >= 4 is 22.6 Å². The van der Waals surface area contributed by atoms with E-state index in [9.17, 15) is 9.59 Å². The molecule has 1 amide bonds. The lowest BCUT2D eigenvalue weighted by molar-refractivity contribution is -0.116. The molecule has 7 nitrogen and oxygen atoms in total. The fraction of sp³-hybridized carbons (Fsp3) is 0.250. The van der Waals surface area contributed by atoms with Gasteiger partial charge in [0.15, 0.2) is 5.65 Å². The highest BCUT2D eigenvalue weighted by Crippen LogP contribution is 2.24. The van der Waals surface area contributed by atoms with Crippen LogP contribution in [0.1, 0.15) is 38.3 Å². The first kappa shape index (κ1) is 20.5. The van der Waals surface area contributed by atoms with Gasteiger partial charge in [0.25, 0.3) is 5.56 Å². The first-order valence-corrected chi connectivity index (χ1v) is 10.2. The molecule has 7 heteroatoms. The number of rotatable bonds is 5. The highest BCUT2D eigenvalue weighted by Gasteiger charge is 2.15. The number of hydrogen-bond donors (Lipinski definition) is 2. The van der Waals surface area contributed by atoms with E-state index in [1.807, 2.05) is 24.3 Å². The Morgan fingerprint density at radius 1 is 1.10 bits per heavy atom. The Hall–Kier alpha value is -3.74. The van der Waals surface area contributed by atoms with Gasteiger partial charge in [-0.3, -0.25) is 9.59 Å². The SMILES string of the molecule is CC(C)(C)c1ccc(CCC(=O)Nc2ccccc2-n2ncc3c(=O)[nH]cnc32)cc1. The summed E-state index contributed by atoms with van der Waals surface area (Å²) < 4.78 is 1.56. The highest BCUT2D eigenvalue weighted by atomic mass is 16.1. The normalized spacial score (nSPS) is 11.6. The Kier molecular flexibility index (Phi) is 5.42. The number of fused-ring (bicyclic) bond motifs is 1. The number of amides is 1. The molecule has 0 unspecified atom stereocenters. The second kappa shape index (κ2) is 8.18. The fourth-order valence-electron chi connectivity index (χ4n) is 3.44. The zero-order chi connectivity index (χ0) is 22.0. The third-order valence-corrected chi connectivity index (χ3v) is 5.24. The maximum absolute atomic E-state index is 12.6. The van der Waals surface area contributed by atoms with Crippen LogP contribution in [0.25, 0.3) is 16.7 Å². The molecule has 0 radical (unpaired) electrons. The van der Waals surface area contributed by atoms with Gasteiger partial charge in [0.2, 0.25) is 5.91 Å². The number of H-pyrrole nitrogens is 1. The van der Waals surface area contributed by atoms with Crippen molar-refractivity contribution in [1.82, 2.24) is 19.7 Å². The van der Waals surface area contributed by atoms with Crippen LogP contribution in [0.2, 0.25) is 0 Å². The van der Waals surface area contributed by atoms with Gasteiger partial charge in [-0.1, -0.05) is 57.2 Å². The quantitative estimate of drug-likeness (QED) is 0.516. The maximum Gasteiger partial charge on any atom is 0.261 e. The van der Waals surface area contributed by atoms with Crippen LogP contribution in [-0.4, -0.2) is 25.7 Å². The number of anilines is 1. The van der Waals surface area contributed by atoms with Gasteiger partial charge in [0, 0.05) is 6.42 Å². The zero-order valence-corrected chi connectivity index (χ0v) is 17.8. The Balaban J connectivity index is 1.49. The number of aromatic nitrogens is 4. The molecule has 0 fully saturated rings. The van der Waals surface area contributed by atoms with E-state index in [0.29, 0.717) is 35.2 Å². The van der Waals surface area contributed by atoms with Crippen LogP contribution in [0.4, 0.5) is 5.69 Å². The molecular formula is C24H25N5O2. The van der Waals surface area contributed by atoms with E-state index in [0.717, 1.165) is 5.56 Å². The molecule has 0 aliphatic rings. The molecule has 0 spiro atoms. The summed E-state index contributed by atoms with van der Waals surface area (Å²) in [4.78, 5) is 31.4. The second-order valence-electron chi connectivity index (χ2n) is 8.54. The molecule has 31 heavy (non-hydrogen) atoms. The lowest BCUT2D eigenvalue weighted by Gasteiger charge is -2.19. The van der Waals surface area contributed by atoms with Crippen LogP contribution >= 0.6 is 0 Å². The number of carbonyl (C=O) groups excluding carboxylic acids is 1. The minimum absolute atomic E-state index is 0.0883. The van der Waals surface area contributed by atoms with Crippen molar-refractivity contribution < 1.29 is 4.79 Å².